The molecule has 0 aliphatic heterocycles. The lowest BCUT2D eigenvalue weighted by Crippen LogP contribution is -2.05. The summed E-state index contributed by atoms with van der Waals surface area (Å²) in [5, 5.41) is 21.9. The van der Waals surface area contributed by atoms with Crippen molar-refractivity contribution in [1.29, 1.82) is 0 Å². The van der Waals surface area contributed by atoms with Crippen molar-refractivity contribution in [2.45, 2.75) is 6.42 Å². The minimum Gasteiger partial charge on any atom is -0.396 e. The third-order valence-electron chi connectivity index (χ3n) is 1.66. The Hall–Kier alpha value is -1.21. The van der Waals surface area contributed by atoms with Crippen LogP contribution in [0.1, 0.15) is 6.42 Å². The van der Waals surface area contributed by atoms with E-state index in [4.69, 9.17) is 5.11 Å². The molecule has 0 aromatic carbocycles. The zero-order valence-corrected chi connectivity index (χ0v) is 9.40. The Bertz CT molecular complexity index is 359. The topological polar surface area (TPSA) is 88.3 Å². The van der Waals surface area contributed by atoms with E-state index in [0.29, 0.717) is 23.3 Å². The van der Waals surface area contributed by atoms with Gasteiger partial charge in [-0.1, -0.05) is 0 Å². The summed E-state index contributed by atoms with van der Waals surface area (Å²) in [5.74, 6) is 0.536. The molecule has 0 aliphatic rings. The Morgan fingerprint density at radius 1 is 1.67 bits per heavy atom. The maximum absolute atomic E-state index is 10.4. The molecule has 0 unspecified atom stereocenters. The van der Waals surface area contributed by atoms with Crippen LogP contribution in [0.3, 0.4) is 0 Å². The van der Waals surface area contributed by atoms with Crippen LogP contribution in [0.2, 0.25) is 0 Å². The number of aromatic nitrogens is 1. The fourth-order valence-corrected chi connectivity index (χ4v) is 1.42. The standard InChI is InChI=1S/C8H10BrN3O3/c9-7-4-6(12(14)15)5-11-8(7)10-2-1-3-13/h4-5,13H,1-3H2,(H,10,11). The molecule has 1 aromatic heterocycles. The van der Waals surface area contributed by atoms with Gasteiger partial charge in [0.15, 0.2) is 0 Å². The van der Waals surface area contributed by atoms with E-state index in [1.165, 1.54) is 12.3 Å². The Balaban J connectivity index is 2.70. The Morgan fingerprint density at radius 2 is 2.40 bits per heavy atom. The summed E-state index contributed by atoms with van der Waals surface area (Å²) in [6, 6.07) is 1.38. The predicted octanol–water partition coefficient (Wildman–Crippen LogP) is 1.55. The third-order valence-corrected chi connectivity index (χ3v) is 2.27. The molecule has 0 spiro atoms. The number of aliphatic hydroxyl groups excluding tert-OH is 1. The fraction of sp³-hybridized carbons (Fsp3) is 0.375. The zero-order chi connectivity index (χ0) is 11.3. The quantitative estimate of drug-likeness (QED) is 0.484. The lowest BCUT2D eigenvalue weighted by Gasteiger charge is -2.05. The predicted molar refractivity (Wildman–Crippen MR) is 58.8 cm³/mol. The average Bonchev–Trinajstić information content (AvgIpc) is 2.20. The molecule has 15 heavy (non-hydrogen) atoms. The van der Waals surface area contributed by atoms with Crippen LogP contribution >= 0.6 is 15.9 Å². The van der Waals surface area contributed by atoms with Crippen LogP contribution in [0, 0.1) is 10.1 Å². The van der Waals surface area contributed by atoms with Gasteiger partial charge in [0.25, 0.3) is 5.69 Å². The fourth-order valence-electron chi connectivity index (χ4n) is 0.944. The molecule has 0 saturated carbocycles. The summed E-state index contributed by atoms with van der Waals surface area (Å²) in [4.78, 5) is 13.8. The molecule has 0 radical (unpaired) electrons. The number of hydrogen-bond donors (Lipinski definition) is 2. The average molecular weight is 276 g/mol. The normalized spacial score (nSPS) is 10.0. The van der Waals surface area contributed by atoms with Crippen LogP contribution in [-0.4, -0.2) is 28.2 Å². The highest BCUT2D eigenvalue weighted by molar-refractivity contribution is 9.10. The Morgan fingerprint density at radius 3 is 2.93 bits per heavy atom. The second kappa shape index (κ2) is 5.62. The number of halogens is 1. The molecule has 0 saturated heterocycles. The number of pyridine rings is 1. The molecule has 1 rings (SSSR count). The number of hydrogen-bond acceptors (Lipinski definition) is 5. The van der Waals surface area contributed by atoms with Gasteiger partial charge < -0.3 is 10.4 Å². The molecule has 1 heterocycles. The first kappa shape index (κ1) is 11.9. The molecule has 82 valence electrons. The molecular formula is C8H10BrN3O3. The van der Waals surface area contributed by atoms with Gasteiger partial charge in [-0.15, -0.1) is 0 Å². The van der Waals surface area contributed by atoms with Gasteiger partial charge >= 0.3 is 0 Å². The van der Waals surface area contributed by atoms with E-state index in [0.717, 1.165) is 0 Å². The minimum absolute atomic E-state index is 0.0606. The van der Waals surface area contributed by atoms with E-state index < -0.39 is 4.92 Å². The monoisotopic (exact) mass is 275 g/mol. The van der Waals surface area contributed by atoms with Gasteiger partial charge in [0.1, 0.15) is 12.0 Å². The van der Waals surface area contributed by atoms with Crippen molar-refractivity contribution < 1.29 is 10.0 Å². The van der Waals surface area contributed by atoms with Crippen LogP contribution in [0.15, 0.2) is 16.7 Å². The lowest BCUT2D eigenvalue weighted by atomic mass is 10.4. The molecule has 0 atom stereocenters. The first-order chi connectivity index (χ1) is 7.15. The molecule has 0 fully saturated rings. The van der Waals surface area contributed by atoms with E-state index in [1.54, 1.807) is 0 Å². The molecule has 6 nitrogen and oxygen atoms in total. The molecular weight excluding hydrogens is 266 g/mol. The van der Waals surface area contributed by atoms with E-state index in [9.17, 15) is 10.1 Å². The molecule has 0 amide bonds. The van der Waals surface area contributed by atoms with Crippen molar-refractivity contribution in [2.24, 2.45) is 0 Å². The first-order valence-corrected chi connectivity index (χ1v) is 5.09. The summed E-state index contributed by atoms with van der Waals surface area (Å²) in [5.41, 5.74) is -0.0606. The molecule has 1 aromatic rings. The summed E-state index contributed by atoms with van der Waals surface area (Å²) in [6.45, 7) is 0.664. The van der Waals surface area contributed by atoms with Crippen LogP contribution < -0.4 is 5.32 Å². The van der Waals surface area contributed by atoms with Gasteiger partial charge in [-0.05, 0) is 22.4 Å². The van der Waals surface area contributed by atoms with E-state index >= 15 is 0 Å². The Labute approximate surface area is 94.6 Å². The SMILES string of the molecule is O=[N+]([O-])c1cnc(NCCCO)c(Br)c1. The van der Waals surface area contributed by atoms with Crippen LogP contribution in [-0.2, 0) is 0 Å². The number of nitro groups is 1. The van der Waals surface area contributed by atoms with Gasteiger partial charge in [0.05, 0.1) is 9.40 Å². The lowest BCUT2D eigenvalue weighted by molar-refractivity contribution is -0.385. The van der Waals surface area contributed by atoms with Crippen molar-refractivity contribution in [2.75, 3.05) is 18.5 Å². The van der Waals surface area contributed by atoms with Gasteiger partial charge in [0, 0.05) is 19.2 Å². The molecule has 0 aliphatic carbocycles. The maximum atomic E-state index is 10.4. The van der Waals surface area contributed by atoms with Crippen molar-refractivity contribution >= 4 is 27.4 Å². The number of nitrogens with one attached hydrogen (secondary N) is 1. The van der Waals surface area contributed by atoms with E-state index in [1.807, 2.05) is 0 Å². The van der Waals surface area contributed by atoms with Gasteiger partial charge in [-0.2, -0.15) is 0 Å². The highest BCUT2D eigenvalue weighted by atomic mass is 79.9. The van der Waals surface area contributed by atoms with Crippen LogP contribution in [0.4, 0.5) is 11.5 Å². The second-order valence-corrected chi connectivity index (χ2v) is 3.64. The Kier molecular flexibility index (Phi) is 4.44. The molecule has 7 heteroatoms. The smallest absolute Gasteiger partial charge is 0.288 e. The van der Waals surface area contributed by atoms with Gasteiger partial charge in [-0.25, -0.2) is 4.98 Å². The second-order valence-electron chi connectivity index (χ2n) is 2.78. The van der Waals surface area contributed by atoms with Crippen molar-refractivity contribution in [3.05, 3.63) is 26.9 Å². The van der Waals surface area contributed by atoms with Crippen molar-refractivity contribution in [1.82, 2.24) is 4.98 Å². The number of nitrogens with zero attached hydrogens (tertiary/aromatic N) is 2. The van der Waals surface area contributed by atoms with Crippen LogP contribution in [0.5, 0.6) is 0 Å². The molecule has 0 bridgehead atoms. The largest absolute Gasteiger partial charge is 0.396 e. The van der Waals surface area contributed by atoms with Crippen molar-refractivity contribution in [3.8, 4) is 0 Å². The van der Waals surface area contributed by atoms with Gasteiger partial charge in [0.2, 0.25) is 0 Å². The third kappa shape index (κ3) is 3.45. The number of rotatable bonds is 5. The first-order valence-electron chi connectivity index (χ1n) is 4.30. The zero-order valence-electron chi connectivity index (χ0n) is 7.81. The van der Waals surface area contributed by atoms with Crippen molar-refractivity contribution in [3.63, 3.8) is 0 Å². The minimum atomic E-state index is -0.505. The van der Waals surface area contributed by atoms with Crippen LogP contribution in [0.25, 0.3) is 0 Å². The number of aliphatic hydroxyl groups is 1. The maximum Gasteiger partial charge on any atom is 0.288 e. The molecule has 2 N–H and O–H groups in total. The highest BCUT2D eigenvalue weighted by Crippen LogP contribution is 2.24. The van der Waals surface area contributed by atoms with E-state index in [2.05, 4.69) is 26.2 Å². The van der Waals surface area contributed by atoms with Gasteiger partial charge in [-0.3, -0.25) is 10.1 Å². The summed E-state index contributed by atoms with van der Waals surface area (Å²) in [7, 11) is 0. The van der Waals surface area contributed by atoms with E-state index in [-0.39, 0.29) is 12.3 Å². The highest BCUT2D eigenvalue weighted by Gasteiger charge is 2.09. The summed E-state index contributed by atoms with van der Waals surface area (Å²) >= 11 is 3.18. The number of anilines is 1. The summed E-state index contributed by atoms with van der Waals surface area (Å²) in [6.07, 6.45) is 1.79. The summed E-state index contributed by atoms with van der Waals surface area (Å²) < 4.78 is 0.537.